The summed E-state index contributed by atoms with van der Waals surface area (Å²) in [5.41, 5.74) is 3.76. The number of nitrogens with one attached hydrogen (secondary N) is 1. The van der Waals surface area contributed by atoms with E-state index in [2.05, 4.69) is 37.5 Å². The average Bonchev–Trinajstić information content (AvgIpc) is 3.21. The maximum atomic E-state index is 12.5. The van der Waals surface area contributed by atoms with Gasteiger partial charge in [0.25, 0.3) is 5.91 Å². The molecule has 2 heterocycles. The van der Waals surface area contributed by atoms with Gasteiger partial charge in [0.2, 0.25) is 6.10 Å². The van der Waals surface area contributed by atoms with Crippen molar-refractivity contribution in [3.05, 3.63) is 58.1 Å². The van der Waals surface area contributed by atoms with Crippen LogP contribution in [0, 0.1) is 6.92 Å². The fourth-order valence-corrected chi connectivity index (χ4v) is 3.99. The molecule has 0 saturated carbocycles. The van der Waals surface area contributed by atoms with E-state index in [4.69, 9.17) is 4.84 Å². The number of thiazole rings is 1. The number of rotatable bonds is 3. The van der Waals surface area contributed by atoms with Crippen LogP contribution in [-0.2, 0) is 9.63 Å². The molecule has 5 nitrogen and oxygen atoms in total. The van der Waals surface area contributed by atoms with Crippen LogP contribution in [0.1, 0.15) is 17.5 Å². The average molecular weight is 416 g/mol. The van der Waals surface area contributed by atoms with Gasteiger partial charge in [-0.05, 0) is 36.8 Å². The number of hydrogen-bond acceptors (Lipinski definition) is 5. The van der Waals surface area contributed by atoms with Crippen LogP contribution < -0.4 is 5.32 Å². The fraction of sp³-hybridized carbons (Fsp3) is 0.167. The molecule has 1 aliphatic heterocycles. The quantitative estimate of drug-likeness (QED) is 0.684. The third-order valence-corrected chi connectivity index (χ3v) is 5.32. The Morgan fingerprint density at radius 3 is 3.04 bits per heavy atom. The minimum absolute atomic E-state index is 0.232. The Morgan fingerprint density at radius 2 is 2.20 bits per heavy atom. The zero-order valence-electron chi connectivity index (χ0n) is 13.3. The number of aryl methyl sites for hydroxylation is 1. The smallest absolute Gasteiger partial charge is 0.270 e. The first kappa shape index (κ1) is 16.2. The normalized spacial score (nSPS) is 16.6. The zero-order chi connectivity index (χ0) is 17.4. The summed E-state index contributed by atoms with van der Waals surface area (Å²) in [6.45, 7) is 2.03. The standard InChI is InChI=1S/C18H14BrN3O2S/c1-10-5-6-13-16(7-10)25-18(20-13)21-17(23)15-9-14(22-24-15)11-3-2-4-12(19)8-11/h2-8,15H,9H2,1H3,(H,20,21,23). The number of carbonyl (C=O) groups excluding carboxylic acids is 1. The lowest BCUT2D eigenvalue weighted by Gasteiger charge is -2.06. The fourth-order valence-electron chi connectivity index (χ4n) is 2.63. The van der Waals surface area contributed by atoms with Gasteiger partial charge in [-0.3, -0.25) is 10.1 Å². The highest BCUT2D eigenvalue weighted by Crippen LogP contribution is 2.27. The van der Waals surface area contributed by atoms with E-state index in [9.17, 15) is 4.79 Å². The van der Waals surface area contributed by atoms with Crippen LogP contribution in [0.15, 0.2) is 52.1 Å². The van der Waals surface area contributed by atoms with Crippen molar-refractivity contribution in [1.29, 1.82) is 0 Å². The van der Waals surface area contributed by atoms with Gasteiger partial charge in [0.05, 0.1) is 15.9 Å². The van der Waals surface area contributed by atoms with E-state index in [0.29, 0.717) is 11.6 Å². The molecule has 1 aliphatic rings. The van der Waals surface area contributed by atoms with Crippen LogP contribution >= 0.6 is 27.3 Å². The van der Waals surface area contributed by atoms with E-state index < -0.39 is 6.10 Å². The molecule has 3 aromatic rings. The Morgan fingerprint density at radius 1 is 1.32 bits per heavy atom. The van der Waals surface area contributed by atoms with Crippen LogP contribution in [-0.4, -0.2) is 22.7 Å². The monoisotopic (exact) mass is 415 g/mol. The molecule has 25 heavy (non-hydrogen) atoms. The number of amides is 1. The highest BCUT2D eigenvalue weighted by molar-refractivity contribution is 9.10. The maximum Gasteiger partial charge on any atom is 0.270 e. The first-order valence-electron chi connectivity index (χ1n) is 7.75. The van der Waals surface area contributed by atoms with Crippen molar-refractivity contribution in [3.63, 3.8) is 0 Å². The minimum atomic E-state index is -0.636. The molecule has 1 aromatic heterocycles. The third-order valence-electron chi connectivity index (χ3n) is 3.89. The van der Waals surface area contributed by atoms with E-state index in [1.54, 1.807) is 0 Å². The molecule has 7 heteroatoms. The van der Waals surface area contributed by atoms with Crippen LogP contribution in [0.25, 0.3) is 10.2 Å². The molecular formula is C18H14BrN3O2S. The van der Waals surface area contributed by atoms with Crippen molar-refractivity contribution in [1.82, 2.24) is 4.98 Å². The number of benzene rings is 2. The van der Waals surface area contributed by atoms with Gasteiger partial charge in [-0.25, -0.2) is 4.98 Å². The predicted octanol–water partition coefficient (Wildman–Crippen LogP) is 4.50. The third kappa shape index (κ3) is 3.43. The molecule has 1 N–H and O–H groups in total. The molecule has 1 atom stereocenters. The summed E-state index contributed by atoms with van der Waals surface area (Å²) in [6, 6.07) is 13.8. The molecule has 0 radical (unpaired) electrons. The number of carbonyl (C=O) groups is 1. The summed E-state index contributed by atoms with van der Waals surface area (Å²) < 4.78 is 2.01. The van der Waals surface area contributed by atoms with Crippen molar-refractivity contribution in [2.45, 2.75) is 19.4 Å². The SMILES string of the molecule is Cc1ccc2nc(NC(=O)C3CC(c4cccc(Br)c4)=NO3)sc2c1. The Balaban J connectivity index is 1.45. The lowest BCUT2D eigenvalue weighted by molar-refractivity contribution is -0.125. The second-order valence-corrected chi connectivity index (χ2v) is 7.77. The molecule has 0 aliphatic carbocycles. The van der Waals surface area contributed by atoms with Gasteiger partial charge in [0.1, 0.15) is 0 Å². The zero-order valence-corrected chi connectivity index (χ0v) is 15.7. The van der Waals surface area contributed by atoms with Crippen molar-refractivity contribution in [3.8, 4) is 0 Å². The second-order valence-electron chi connectivity index (χ2n) is 5.83. The van der Waals surface area contributed by atoms with Crippen LogP contribution in [0.5, 0.6) is 0 Å². The van der Waals surface area contributed by atoms with E-state index in [-0.39, 0.29) is 5.91 Å². The second kappa shape index (κ2) is 6.57. The minimum Gasteiger partial charge on any atom is -0.382 e. The van der Waals surface area contributed by atoms with Gasteiger partial charge >= 0.3 is 0 Å². The summed E-state index contributed by atoms with van der Waals surface area (Å²) in [6.07, 6.45) is -0.200. The first-order chi connectivity index (χ1) is 12.1. The van der Waals surface area contributed by atoms with Gasteiger partial charge in [-0.2, -0.15) is 0 Å². The topological polar surface area (TPSA) is 63.6 Å². The highest BCUT2D eigenvalue weighted by atomic mass is 79.9. The summed E-state index contributed by atoms with van der Waals surface area (Å²) in [4.78, 5) is 22.2. The van der Waals surface area contributed by atoms with Crippen LogP contribution in [0.4, 0.5) is 5.13 Å². The number of aromatic nitrogens is 1. The highest BCUT2D eigenvalue weighted by Gasteiger charge is 2.29. The molecule has 0 bridgehead atoms. The molecule has 1 amide bonds. The molecule has 0 fully saturated rings. The Bertz CT molecular complexity index is 999. The van der Waals surface area contributed by atoms with Gasteiger partial charge in [-0.15, -0.1) is 0 Å². The Labute approximate surface area is 156 Å². The van der Waals surface area contributed by atoms with Gasteiger partial charge in [0, 0.05) is 16.5 Å². The summed E-state index contributed by atoms with van der Waals surface area (Å²) in [5, 5.41) is 7.47. The van der Waals surface area contributed by atoms with Crippen molar-refractivity contribution >= 4 is 54.2 Å². The molecule has 1 unspecified atom stereocenters. The lowest BCUT2D eigenvalue weighted by Crippen LogP contribution is -2.27. The van der Waals surface area contributed by atoms with E-state index in [1.165, 1.54) is 16.9 Å². The van der Waals surface area contributed by atoms with Crippen molar-refractivity contribution < 1.29 is 9.63 Å². The summed E-state index contributed by atoms with van der Waals surface area (Å²) >= 11 is 4.89. The summed E-state index contributed by atoms with van der Waals surface area (Å²) in [5.74, 6) is -0.232. The predicted molar refractivity (Wildman–Crippen MR) is 103 cm³/mol. The number of hydrogen-bond donors (Lipinski definition) is 1. The van der Waals surface area contributed by atoms with E-state index >= 15 is 0 Å². The Kier molecular flexibility index (Phi) is 4.27. The lowest BCUT2D eigenvalue weighted by atomic mass is 10.1. The first-order valence-corrected chi connectivity index (χ1v) is 9.36. The molecule has 0 spiro atoms. The number of nitrogens with zero attached hydrogens (tertiary/aromatic N) is 2. The van der Waals surface area contributed by atoms with Crippen LogP contribution in [0.2, 0.25) is 0 Å². The maximum absolute atomic E-state index is 12.5. The molecule has 126 valence electrons. The van der Waals surface area contributed by atoms with Gasteiger partial charge < -0.3 is 4.84 Å². The molecule has 2 aromatic carbocycles. The number of anilines is 1. The Hall–Kier alpha value is -2.25. The largest absolute Gasteiger partial charge is 0.382 e. The van der Waals surface area contributed by atoms with Crippen molar-refractivity contribution in [2.24, 2.45) is 5.16 Å². The van der Waals surface area contributed by atoms with Crippen LogP contribution in [0.3, 0.4) is 0 Å². The van der Waals surface area contributed by atoms with E-state index in [0.717, 1.165) is 26.0 Å². The number of halogens is 1. The van der Waals surface area contributed by atoms with E-state index in [1.807, 2.05) is 43.3 Å². The molecular weight excluding hydrogens is 402 g/mol. The number of oxime groups is 1. The summed E-state index contributed by atoms with van der Waals surface area (Å²) in [7, 11) is 0. The van der Waals surface area contributed by atoms with Gasteiger partial charge in [-0.1, -0.05) is 50.6 Å². The molecule has 4 rings (SSSR count). The van der Waals surface area contributed by atoms with Gasteiger partial charge in [0.15, 0.2) is 5.13 Å². The van der Waals surface area contributed by atoms with Crippen molar-refractivity contribution in [2.75, 3.05) is 5.32 Å². The molecule has 0 saturated heterocycles. The number of fused-ring (bicyclic) bond motifs is 1.